The molecule has 0 saturated heterocycles. The van der Waals surface area contributed by atoms with Crippen LogP contribution >= 0.6 is 0 Å². The Morgan fingerprint density at radius 3 is 1.18 bits per heavy atom. The molecule has 0 atom stereocenters. The predicted molar refractivity (Wildman–Crippen MR) is 467 cm³/mol. The quantitative estimate of drug-likeness (QED) is 0.134. The molecule has 0 unspecified atom stereocenters. The third-order valence-corrected chi connectivity index (χ3v) is 24.8. The van der Waals surface area contributed by atoms with Crippen LogP contribution in [-0.4, -0.2) is 19.9 Å². The molecule has 2 aliphatic heterocycles. The van der Waals surface area contributed by atoms with Crippen molar-refractivity contribution in [3.05, 3.63) is 438 Å². The van der Waals surface area contributed by atoms with Gasteiger partial charge >= 0.3 is 0 Å². The van der Waals surface area contributed by atoms with Gasteiger partial charge in [0.1, 0.15) is 23.0 Å². The monoisotopic (exact) mass is 1460 g/mol. The van der Waals surface area contributed by atoms with Crippen LogP contribution in [0.2, 0.25) is 0 Å². The number of fused-ring (bicyclic) bond motifs is 21. The lowest BCUT2D eigenvalue weighted by atomic mass is 9.65. The average molecular weight is 1460 g/mol. The Kier molecular flexibility index (Phi) is 14.2. The van der Waals surface area contributed by atoms with Gasteiger partial charge in [-0.15, -0.1) is 0 Å². The molecule has 115 heavy (non-hydrogen) atoms. The molecular formula is C109H66N4O2. The van der Waals surface area contributed by atoms with Crippen molar-refractivity contribution >= 4 is 38.4 Å². The van der Waals surface area contributed by atoms with E-state index in [-0.39, 0.29) is 0 Å². The second-order valence-electron chi connectivity index (χ2n) is 31.0. The van der Waals surface area contributed by atoms with E-state index in [0.29, 0.717) is 11.6 Å². The van der Waals surface area contributed by atoms with E-state index >= 15 is 0 Å². The molecule has 0 bridgehead atoms. The Balaban J connectivity index is 0.617. The summed E-state index contributed by atoms with van der Waals surface area (Å²) < 4.78 is 14.5. The van der Waals surface area contributed by atoms with E-state index in [0.717, 1.165) is 147 Å². The standard InChI is InChI=1S/C109H66N4O2/c1-2-22-68(23-3-1)106-110-98(65-100(113-106)82-59-79-31-16-24-67-25-17-32-80(60-82)105(67)79)77-30-19-27-70(56-77)73-49-53-95-103(62-73)115-104-63-74(50-54-96(104)109(95)91-41-12-8-37-87(91)88-38-9-13-42-92(88)109)71-28-20-33-81(57-71)107-111-97(64-99(112-107)78-47-51-84-75(58-78)46-45-66-21-4-5-34-83(66)84)76-29-18-26-69(55-76)72-48-52-94-102(61-72)114-101-44-15-14-43-93(101)108(94)89-39-10-6-35-85(89)86-36-7-11-40-90(86)108/h1-24,26-65H,25H2. The molecule has 6 heteroatoms. The molecule has 0 fully saturated rings. The van der Waals surface area contributed by atoms with Gasteiger partial charge in [-0.1, -0.05) is 315 Å². The summed E-state index contributed by atoms with van der Waals surface area (Å²) in [7, 11) is 0. The second kappa shape index (κ2) is 25.3. The topological polar surface area (TPSA) is 70.0 Å². The molecule has 3 aliphatic carbocycles. The van der Waals surface area contributed by atoms with Crippen molar-refractivity contribution in [2.24, 2.45) is 0 Å². The highest BCUT2D eigenvalue weighted by atomic mass is 16.5. The van der Waals surface area contributed by atoms with Gasteiger partial charge < -0.3 is 9.47 Å². The zero-order valence-electron chi connectivity index (χ0n) is 62.3. The summed E-state index contributed by atoms with van der Waals surface area (Å²) in [5.74, 6) is 4.57. The van der Waals surface area contributed by atoms with Crippen LogP contribution in [0.3, 0.4) is 0 Å². The van der Waals surface area contributed by atoms with Gasteiger partial charge in [-0.2, -0.15) is 0 Å². The smallest absolute Gasteiger partial charge is 0.160 e. The molecule has 534 valence electrons. The van der Waals surface area contributed by atoms with Crippen LogP contribution < -0.4 is 9.47 Å². The maximum Gasteiger partial charge on any atom is 0.160 e. The van der Waals surface area contributed by atoms with Gasteiger partial charge in [0.05, 0.1) is 33.6 Å². The Bertz CT molecular complexity index is 7330. The van der Waals surface area contributed by atoms with E-state index in [4.69, 9.17) is 29.4 Å². The van der Waals surface area contributed by atoms with Crippen LogP contribution in [0.15, 0.2) is 382 Å². The fourth-order valence-corrected chi connectivity index (χ4v) is 19.7. The van der Waals surface area contributed by atoms with E-state index in [1.54, 1.807) is 0 Å². The first kappa shape index (κ1) is 64.8. The highest BCUT2D eigenvalue weighted by Gasteiger charge is 2.53. The van der Waals surface area contributed by atoms with Crippen LogP contribution in [0.5, 0.6) is 23.0 Å². The van der Waals surface area contributed by atoms with E-state index < -0.39 is 10.8 Å². The number of para-hydroxylation sites is 1. The first-order valence-corrected chi connectivity index (χ1v) is 39.5. The van der Waals surface area contributed by atoms with Crippen molar-refractivity contribution in [1.82, 2.24) is 19.9 Å². The van der Waals surface area contributed by atoms with Crippen molar-refractivity contribution in [3.63, 3.8) is 0 Å². The van der Waals surface area contributed by atoms with Crippen LogP contribution in [-0.2, 0) is 17.3 Å². The number of benzene rings is 17. The molecule has 6 nitrogen and oxygen atoms in total. The number of hydrogen-bond acceptors (Lipinski definition) is 6. The number of hydrogen-bond donors (Lipinski definition) is 0. The normalized spacial score (nSPS) is 13.6. The molecule has 2 aromatic heterocycles. The SMILES string of the molecule is C1=Cc2cc(-c3cc(-c4cccc(-c5ccc6c(c5)Oc5cc(-c7cccc(-c8nc(-c9cccc(-c%10ccc%11c(c%10)Oc%10ccccc%10C%11%10c%11ccccc%11-c%11ccccc%11%10)c9)cc(-c9ccc%10c(ccc%11ccccc%11%10)c9)n8)c7)ccc5C65c6ccccc6-c6ccccc65)c4)nc(-c4ccccc4)n3)cc3cccc(c23)C1. The summed E-state index contributed by atoms with van der Waals surface area (Å²) >= 11 is 0. The number of nitrogens with zero attached hydrogens (tertiary/aromatic N) is 4. The summed E-state index contributed by atoms with van der Waals surface area (Å²) in [6, 6.07) is 136. The fourth-order valence-electron chi connectivity index (χ4n) is 19.7. The van der Waals surface area contributed by atoms with Gasteiger partial charge in [-0.3, -0.25) is 0 Å². The Morgan fingerprint density at radius 1 is 0.226 bits per heavy atom. The molecule has 19 aromatic rings. The summed E-state index contributed by atoms with van der Waals surface area (Å²) in [5.41, 5.74) is 31.0. The highest BCUT2D eigenvalue weighted by Crippen LogP contribution is 2.65. The Labute approximate surface area is 665 Å². The first-order valence-electron chi connectivity index (χ1n) is 39.5. The predicted octanol–water partition coefficient (Wildman–Crippen LogP) is 27.2. The first-order chi connectivity index (χ1) is 56.9. The van der Waals surface area contributed by atoms with Crippen molar-refractivity contribution < 1.29 is 9.47 Å². The Morgan fingerprint density at radius 2 is 0.609 bits per heavy atom. The lowest BCUT2D eigenvalue weighted by Crippen LogP contribution is -2.32. The third-order valence-electron chi connectivity index (χ3n) is 24.8. The highest BCUT2D eigenvalue weighted by molar-refractivity contribution is 6.09. The molecule has 0 saturated carbocycles. The Hall–Kier alpha value is -15.0. The van der Waals surface area contributed by atoms with Gasteiger partial charge in [0.15, 0.2) is 11.6 Å². The van der Waals surface area contributed by atoms with E-state index in [9.17, 15) is 0 Å². The van der Waals surface area contributed by atoms with Crippen LogP contribution in [0.1, 0.15) is 55.6 Å². The maximum absolute atomic E-state index is 7.50. The van der Waals surface area contributed by atoms with Crippen LogP contribution in [0, 0.1) is 0 Å². The van der Waals surface area contributed by atoms with Gasteiger partial charge in [-0.25, -0.2) is 19.9 Å². The molecule has 0 radical (unpaired) electrons. The molecule has 0 amide bonds. The summed E-state index contributed by atoms with van der Waals surface area (Å²) in [6.07, 6.45) is 5.44. The zero-order chi connectivity index (χ0) is 75.5. The maximum atomic E-state index is 7.50. The minimum Gasteiger partial charge on any atom is -0.457 e. The largest absolute Gasteiger partial charge is 0.457 e. The summed E-state index contributed by atoms with van der Waals surface area (Å²) in [6.45, 7) is 0. The van der Waals surface area contributed by atoms with E-state index in [1.165, 1.54) is 82.6 Å². The van der Waals surface area contributed by atoms with Crippen molar-refractivity contribution in [2.45, 2.75) is 17.3 Å². The summed E-state index contributed by atoms with van der Waals surface area (Å²) in [5, 5.41) is 7.29. The fraction of sp³-hybridized carbons (Fsp3) is 0.0275. The number of rotatable bonds is 9. The molecule has 2 spiro atoms. The van der Waals surface area contributed by atoms with Crippen molar-refractivity contribution in [2.75, 3.05) is 0 Å². The third kappa shape index (κ3) is 9.95. The zero-order valence-corrected chi connectivity index (χ0v) is 62.3. The molecule has 24 rings (SSSR count). The van der Waals surface area contributed by atoms with Crippen molar-refractivity contribution in [1.29, 1.82) is 0 Å². The molecular weight excluding hydrogens is 1400 g/mol. The van der Waals surface area contributed by atoms with Gasteiger partial charge in [0, 0.05) is 55.6 Å². The molecule has 0 N–H and O–H groups in total. The molecule has 17 aromatic carbocycles. The molecule has 5 aliphatic rings. The number of aromatic nitrogens is 4. The van der Waals surface area contributed by atoms with Gasteiger partial charge in [0.2, 0.25) is 0 Å². The van der Waals surface area contributed by atoms with Gasteiger partial charge in [-0.05, 0) is 201 Å². The average Bonchev–Trinajstić information content (AvgIpc) is 1.54. The minimum atomic E-state index is -0.698. The lowest BCUT2D eigenvalue weighted by molar-refractivity contribution is 0.436. The lowest BCUT2D eigenvalue weighted by Gasteiger charge is -2.39. The van der Waals surface area contributed by atoms with Crippen molar-refractivity contribution in [3.8, 4) is 146 Å². The van der Waals surface area contributed by atoms with Crippen LogP contribution in [0.25, 0.3) is 162 Å². The van der Waals surface area contributed by atoms with Gasteiger partial charge in [0.25, 0.3) is 0 Å². The summed E-state index contributed by atoms with van der Waals surface area (Å²) in [4.78, 5) is 21.8. The van der Waals surface area contributed by atoms with Crippen LogP contribution in [0.4, 0.5) is 0 Å². The van der Waals surface area contributed by atoms with E-state index in [2.05, 4.69) is 382 Å². The minimum absolute atomic E-state index is 0.558. The molecule has 4 heterocycles. The second-order valence-corrected chi connectivity index (χ2v) is 31.0. The number of ether oxygens (including phenoxy) is 2. The number of allylic oxidation sites excluding steroid dienone is 1. The van der Waals surface area contributed by atoms with E-state index in [1.807, 2.05) is 6.07 Å².